The lowest BCUT2D eigenvalue weighted by atomic mass is 10.1. The van der Waals surface area contributed by atoms with Gasteiger partial charge in [-0.1, -0.05) is 0 Å². The predicted molar refractivity (Wildman–Crippen MR) is 59.1 cm³/mol. The molecule has 1 heterocycles. The number of benzene rings is 1. The van der Waals surface area contributed by atoms with Crippen molar-refractivity contribution in [2.45, 2.75) is 0 Å². The smallest absolute Gasteiger partial charge is 0.338 e. The minimum absolute atomic E-state index is 0.0483. The van der Waals surface area contributed by atoms with Crippen LogP contribution in [0.5, 0.6) is 0 Å². The molecular weight excluding hydrogens is 237 g/mol. The number of aromatic nitrogens is 2. The molecule has 0 amide bonds. The predicted octanol–water partition coefficient (Wildman–Crippen LogP) is 1.85. The normalized spacial score (nSPS) is 9.78. The molecule has 0 atom stereocenters. The van der Waals surface area contributed by atoms with Crippen molar-refractivity contribution in [2.24, 2.45) is 0 Å². The van der Waals surface area contributed by atoms with E-state index < -0.39 is 11.8 Å². The van der Waals surface area contributed by atoms with Gasteiger partial charge < -0.3 is 5.11 Å². The highest BCUT2D eigenvalue weighted by Gasteiger charge is 2.08. The van der Waals surface area contributed by atoms with Gasteiger partial charge in [-0.05, 0) is 18.2 Å². The molecule has 0 radical (unpaired) electrons. The zero-order valence-electron chi connectivity index (χ0n) is 8.96. The molecule has 5 nitrogen and oxygen atoms in total. The third kappa shape index (κ3) is 2.15. The van der Waals surface area contributed by atoms with E-state index in [0.29, 0.717) is 5.56 Å². The summed E-state index contributed by atoms with van der Waals surface area (Å²) in [5.41, 5.74) is 0.261. The second-order valence-corrected chi connectivity index (χ2v) is 3.41. The van der Waals surface area contributed by atoms with Crippen LogP contribution in [0.25, 0.3) is 11.4 Å². The van der Waals surface area contributed by atoms with Crippen LogP contribution in [0.15, 0.2) is 30.6 Å². The minimum atomic E-state index is -1.13. The molecule has 6 heteroatoms. The van der Waals surface area contributed by atoms with E-state index in [1.54, 1.807) is 6.07 Å². The summed E-state index contributed by atoms with van der Waals surface area (Å²) in [6, 6.07) is 5.65. The molecule has 88 valence electrons. The van der Waals surface area contributed by atoms with Gasteiger partial charge in [0.25, 0.3) is 0 Å². The van der Waals surface area contributed by atoms with Crippen LogP contribution in [0.2, 0.25) is 0 Å². The average molecular weight is 243 g/mol. The third-order valence-electron chi connectivity index (χ3n) is 2.25. The summed E-state index contributed by atoms with van der Waals surface area (Å²) >= 11 is 0. The quantitative estimate of drug-likeness (QED) is 0.869. The van der Waals surface area contributed by atoms with Gasteiger partial charge in [-0.2, -0.15) is 5.26 Å². The van der Waals surface area contributed by atoms with Crippen LogP contribution in [0.3, 0.4) is 0 Å². The highest BCUT2D eigenvalue weighted by molar-refractivity contribution is 5.86. The van der Waals surface area contributed by atoms with Gasteiger partial charge in [-0.15, -0.1) is 0 Å². The Balaban J connectivity index is 2.40. The standard InChI is InChI=1S/C12H6FN3O2/c13-10-3-7(1-2-8(10)4-14)11-15-5-9(6-16-11)12(17)18/h1-3,5-6H,(H,17,18). The molecule has 1 N–H and O–H groups in total. The van der Waals surface area contributed by atoms with Crippen LogP contribution in [-0.2, 0) is 0 Å². The molecule has 0 unspecified atom stereocenters. The number of hydrogen-bond donors (Lipinski definition) is 1. The summed E-state index contributed by atoms with van der Waals surface area (Å²) in [5.74, 6) is -1.60. The Labute approximate surface area is 101 Å². The molecule has 1 aromatic heterocycles. The number of aromatic carboxylic acids is 1. The summed E-state index contributed by atoms with van der Waals surface area (Å²) in [4.78, 5) is 18.3. The molecule has 2 rings (SSSR count). The summed E-state index contributed by atoms with van der Waals surface area (Å²) in [6.07, 6.45) is 2.28. The van der Waals surface area contributed by atoms with Crippen molar-refractivity contribution < 1.29 is 14.3 Å². The molecule has 1 aromatic carbocycles. The SMILES string of the molecule is N#Cc1ccc(-c2ncc(C(=O)O)cn2)cc1F. The lowest BCUT2D eigenvalue weighted by molar-refractivity contribution is 0.0696. The highest BCUT2D eigenvalue weighted by atomic mass is 19.1. The van der Waals surface area contributed by atoms with E-state index in [-0.39, 0.29) is 17.0 Å². The van der Waals surface area contributed by atoms with Gasteiger partial charge in [0.15, 0.2) is 5.82 Å². The van der Waals surface area contributed by atoms with Crippen LogP contribution in [0, 0.1) is 17.1 Å². The zero-order valence-corrected chi connectivity index (χ0v) is 8.96. The molecule has 0 spiro atoms. The average Bonchev–Trinajstić information content (AvgIpc) is 2.38. The van der Waals surface area contributed by atoms with E-state index >= 15 is 0 Å². The Morgan fingerprint density at radius 1 is 1.33 bits per heavy atom. The topological polar surface area (TPSA) is 86.9 Å². The van der Waals surface area contributed by atoms with Crippen LogP contribution >= 0.6 is 0 Å². The largest absolute Gasteiger partial charge is 0.478 e. The highest BCUT2D eigenvalue weighted by Crippen LogP contribution is 2.18. The molecule has 0 saturated carbocycles. The van der Waals surface area contributed by atoms with Crippen LogP contribution in [0.4, 0.5) is 4.39 Å². The fraction of sp³-hybridized carbons (Fsp3) is 0. The number of halogens is 1. The van der Waals surface area contributed by atoms with Crippen molar-refractivity contribution >= 4 is 5.97 Å². The van der Waals surface area contributed by atoms with Crippen LogP contribution in [0.1, 0.15) is 15.9 Å². The van der Waals surface area contributed by atoms with E-state index in [4.69, 9.17) is 10.4 Å². The van der Waals surface area contributed by atoms with E-state index in [9.17, 15) is 9.18 Å². The van der Waals surface area contributed by atoms with Gasteiger partial charge in [0, 0.05) is 18.0 Å². The minimum Gasteiger partial charge on any atom is -0.478 e. The molecule has 2 aromatic rings. The van der Waals surface area contributed by atoms with Crippen LogP contribution < -0.4 is 0 Å². The number of rotatable bonds is 2. The Morgan fingerprint density at radius 3 is 2.50 bits per heavy atom. The molecule has 18 heavy (non-hydrogen) atoms. The Morgan fingerprint density at radius 2 is 2.00 bits per heavy atom. The van der Waals surface area contributed by atoms with E-state index in [2.05, 4.69) is 9.97 Å². The first kappa shape index (κ1) is 11.7. The van der Waals surface area contributed by atoms with Gasteiger partial charge in [-0.25, -0.2) is 19.2 Å². The molecule has 0 aliphatic carbocycles. The Bertz CT molecular complexity index is 647. The fourth-order valence-corrected chi connectivity index (χ4v) is 1.33. The number of carboxylic acid groups (broad SMARTS) is 1. The lowest BCUT2D eigenvalue weighted by Gasteiger charge is -2.01. The van der Waals surface area contributed by atoms with Gasteiger partial charge in [0.2, 0.25) is 0 Å². The second kappa shape index (κ2) is 4.59. The molecule has 0 bridgehead atoms. The van der Waals surface area contributed by atoms with E-state index in [0.717, 1.165) is 18.5 Å². The van der Waals surface area contributed by atoms with Crippen molar-refractivity contribution in [2.75, 3.05) is 0 Å². The van der Waals surface area contributed by atoms with E-state index in [1.165, 1.54) is 12.1 Å². The van der Waals surface area contributed by atoms with Crippen molar-refractivity contribution in [3.63, 3.8) is 0 Å². The summed E-state index contributed by atoms with van der Waals surface area (Å²) < 4.78 is 13.4. The maximum Gasteiger partial charge on any atom is 0.338 e. The maximum absolute atomic E-state index is 13.4. The molecule has 0 saturated heterocycles. The van der Waals surface area contributed by atoms with Crippen molar-refractivity contribution in [1.29, 1.82) is 5.26 Å². The van der Waals surface area contributed by atoms with Gasteiger partial charge in [0.1, 0.15) is 11.9 Å². The lowest BCUT2D eigenvalue weighted by Crippen LogP contribution is -1.99. The first-order valence-corrected chi connectivity index (χ1v) is 4.87. The summed E-state index contributed by atoms with van der Waals surface area (Å²) in [6.45, 7) is 0. The Hall–Kier alpha value is -2.81. The molecular formula is C12H6FN3O2. The Kier molecular flexibility index (Phi) is 2.98. The van der Waals surface area contributed by atoms with Gasteiger partial charge >= 0.3 is 5.97 Å². The molecule has 0 fully saturated rings. The molecule has 0 aliphatic heterocycles. The molecule has 0 aliphatic rings. The zero-order chi connectivity index (χ0) is 13.1. The van der Waals surface area contributed by atoms with Crippen molar-refractivity contribution in [3.05, 3.63) is 47.5 Å². The number of nitrogens with zero attached hydrogens (tertiary/aromatic N) is 3. The van der Waals surface area contributed by atoms with Gasteiger partial charge in [-0.3, -0.25) is 0 Å². The second-order valence-electron chi connectivity index (χ2n) is 3.41. The maximum atomic E-state index is 13.4. The fourth-order valence-electron chi connectivity index (χ4n) is 1.33. The summed E-state index contributed by atoms with van der Waals surface area (Å²) in [7, 11) is 0. The van der Waals surface area contributed by atoms with E-state index in [1.807, 2.05) is 0 Å². The number of carbonyl (C=O) groups is 1. The summed E-state index contributed by atoms with van der Waals surface area (Å²) in [5, 5.41) is 17.3. The number of nitriles is 1. The van der Waals surface area contributed by atoms with Crippen molar-refractivity contribution in [1.82, 2.24) is 9.97 Å². The monoisotopic (exact) mass is 243 g/mol. The number of hydrogen-bond acceptors (Lipinski definition) is 4. The van der Waals surface area contributed by atoms with Gasteiger partial charge in [0.05, 0.1) is 11.1 Å². The first-order chi connectivity index (χ1) is 8.61. The third-order valence-corrected chi connectivity index (χ3v) is 2.25. The number of carboxylic acids is 1. The first-order valence-electron chi connectivity index (χ1n) is 4.87. The van der Waals surface area contributed by atoms with Crippen molar-refractivity contribution in [3.8, 4) is 17.5 Å². The van der Waals surface area contributed by atoms with Crippen LogP contribution in [-0.4, -0.2) is 21.0 Å².